The lowest BCUT2D eigenvalue weighted by Gasteiger charge is -2.33. The van der Waals surface area contributed by atoms with E-state index in [1.807, 2.05) is 23.0 Å². The van der Waals surface area contributed by atoms with Crippen LogP contribution in [0, 0.1) is 11.3 Å². The minimum atomic E-state index is -0.241. The van der Waals surface area contributed by atoms with Crippen molar-refractivity contribution in [2.24, 2.45) is 11.3 Å². The fourth-order valence-electron chi connectivity index (χ4n) is 4.63. The third-order valence-electron chi connectivity index (χ3n) is 6.58. The molecule has 1 atom stereocenters. The van der Waals surface area contributed by atoms with Crippen molar-refractivity contribution in [3.63, 3.8) is 0 Å². The van der Waals surface area contributed by atoms with Crippen molar-refractivity contribution >= 4 is 22.4 Å². The standard InChI is InChI=1S/C26H28N4O2/c1-26(2,3)19-11-12-23-22(13-19)24(29-32-23)25(31)28-20-14-27-30(16-20)15-18-9-6-8-17-7-4-5-10-21(17)18/h4-10,14,16,19H,11-13,15H2,1-3H3,(H,28,31). The molecule has 0 saturated heterocycles. The molecule has 0 radical (unpaired) electrons. The Morgan fingerprint density at radius 3 is 2.84 bits per heavy atom. The van der Waals surface area contributed by atoms with E-state index in [-0.39, 0.29) is 11.3 Å². The van der Waals surface area contributed by atoms with Crippen LogP contribution in [0.3, 0.4) is 0 Å². The van der Waals surface area contributed by atoms with Gasteiger partial charge in [0.25, 0.3) is 5.91 Å². The molecular weight excluding hydrogens is 400 g/mol. The lowest BCUT2D eigenvalue weighted by atomic mass is 9.71. The number of carbonyl (C=O) groups is 1. The molecule has 1 amide bonds. The summed E-state index contributed by atoms with van der Waals surface area (Å²) < 4.78 is 7.34. The fourth-order valence-corrected chi connectivity index (χ4v) is 4.63. The molecule has 0 fully saturated rings. The summed E-state index contributed by atoms with van der Waals surface area (Å²) >= 11 is 0. The first-order valence-corrected chi connectivity index (χ1v) is 11.2. The molecule has 0 aliphatic heterocycles. The molecule has 6 heteroatoms. The Labute approximate surface area is 187 Å². The van der Waals surface area contributed by atoms with Crippen molar-refractivity contribution < 1.29 is 9.32 Å². The van der Waals surface area contributed by atoms with E-state index in [1.165, 1.54) is 16.3 Å². The molecule has 0 spiro atoms. The summed E-state index contributed by atoms with van der Waals surface area (Å²) in [5.41, 5.74) is 3.37. The van der Waals surface area contributed by atoms with Gasteiger partial charge in [0.15, 0.2) is 5.69 Å². The van der Waals surface area contributed by atoms with Crippen LogP contribution in [0.5, 0.6) is 0 Å². The van der Waals surface area contributed by atoms with Crippen molar-refractivity contribution in [3.8, 4) is 0 Å². The Bertz CT molecular complexity index is 1270. The molecule has 1 aliphatic carbocycles. The normalized spacial score (nSPS) is 16.2. The molecule has 2 heterocycles. The fraction of sp³-hybridized carbons (Fsp3) is 0.346. The molecule has 1 N–H and O–H groups in total. The van der Waals surface area contributed by atoms with E-state index in [4.69, 9.17) is 4.52 Å². The van der Waals surface area contributed by atoms with Gasteiger partial charge in [-0.15, -0.1) is 0 Å². The van der Waals surface area contributed by atoms with Crippen LogP contribution in [-0.2, 0) is 19.4 Å². The maximum Gasteiger partial charge on any atom is 0.278 e. The van der Waals surface area contributed by atoms with Crippen molar-refractivity contribution in [1.29, 1.82) is 0 Å². The Hall–Kier alpha value is -3.41. The number of amides is 1. The first-order chi connectivity index (χ1) is 15.4. The highest BCUT2D eigenvalue weighted by Crippen LogP contribution is 2.38. The molecule has 4 aromatic rings. The molecule has 2 aromatic carbocycles. The molecule has 2 aromatic heterocycles. The number of benzene rings is 2. The lowest BCUT2D eigenvalue weighted by molar-refractivity contribution is 0.101. The molecule has 164 valence electrons. The highest BCUT2D eigenvalue weighted by Gasteiger charge is 2.34. The zero-order valence-corrected chi connectivity index (χ0v) is 18.8. The Kier molecular flexibility index (Phi) is 5.08. The smallest absolute Gasteiger partial charge is 0.278 e. The molecule has 1 unspecified atom stereocenters. The van der Waals surface area contributed by atoms with Crippen LogP contribution in [0.15, 0.2) is 59.4 Å². The minimum Gasteiger partial charge on any atom is -0.360 e. The zero-order valence-electron chi connectivity index (χ0n) is 18.8. The number of hydrogen-bond acceptors (Lipinski definition) is 4. The van der Waals surface area contributed by atoms with Gasteiger partial charge in [-0.05, 0) is 40.5 Å². The van der Waals surface area contributed by atoms with Crippen LogP contribution < -0.4 is 5.32 Å². The quantitative estimate of drug-likeness (QED) is 0.467. The second-order valence-electron chi connectivity index (χ2n) is 9.76. The zero-order chi connectivity index (χ0) is 22.3. The summed E-state index contributed by atoms with van der Waals surface area (Å²) in [7, 11) is 0. The first kappa shape index (κ1) is 20.5. The number of nitrogens with zero attached hydrogens (tertiary/aromatic N) is 3. The molecule has 32 heavy (non-hydrogen) atoms. The van der Waals surface area contributed by atoms with Crippen LogP contribution in [0.2, 0.25) is 0 Å². The predicted octanol–water partition coefficient (Wildman–Crippen LogP) is 5.48. The van der Waals surface area contributed by atoms with Crippen molar-refractivity contribution in [2.75, 3.05) is 5.32 Å². The lowest BCUT2D eigenvalue weighted by Crippen LogP contribution is -2.27. The largest absolute Gasteiger partial charge is 0.360 e. The van der Waals surface area contributed by atoms with Gasteiger partial charge in [0, 0.05) is 18.2 Å². The van der Waals surface area contributed by atoms with Crippen molar-refractivity contribution in [1.82, 2.24) is 14.9 Å². The Morgan fingerprint density at radius 1 is 1.19 bits per heavy atom. The van der Waals surface area contributed by atoms with E-state index in [1.54, 1.807) is 6.20 Å². The first-order valence-electron chi connectivity index (χ1n) is 11.2. The van der Waals surface area contributed by atoms with Gasteiger partial charge in [0.05, 0.1) is 18.4 Å². The number of hydrogen-bond donors (Lipinski definition) is 1. The maximum atomic E-state index is 13.0. The average molecular weight is 429 g/mol. The second kappa shape index (κ2) is 7.93. The van der Waals surface area contributed by atoms with Gasteiger partial charge in [0.1, 0.15) is 5.76 Å². The Balaban J connectivity index is 1.32. The molecule has 1 aliphatic rings. The summed E-state index contributed by atoms with van der Waals surface area (Å²) in [6.45, 7) is 7.38. The summed E-state index contributed by atoms with van der Waals surface area (Å²) in [4.78, 5) is 13.0. The van der Waals surface area contributed by atoms with Gasteiger partial charge in [-0.2, -0.15) is 5.10 Å². The van der Waals surface area contributed by atoms with Crippen LogP contribution >= 0.6 is 0 Å². The summed E-state index contributed by atoms with van der Waals surface area (Å²) in [5.74, 6) is 1.11. The third-order valence-corrected chi connectivity index (χ3v) is 6.58. The van der Waals surface area contributed by atoms with E-state index < -0.39 is 0 Å². The number of nitrogens with one attached hydrogen (secondary N) is 1. The molecule has 6 nitrogen and oxygen atoms in total. The summed E-state index contributed by atoms with van der Waals surface area (Å²) in [5, 5.41) is 13.9. The van der Waals surface area contributed by atoms with Gasteiger partial charge in [-0.3, -0.25) is 9.48 Å². The molecular formula is C26H28N4O2. The van der Waals surface area contributed by atoms with Crippen LogP contribution in [0.1, 0.15) is 54.6 Å². The second-order valence-corrected chi connectivity index (χ2v) is 9.76. The van der Waals surface area contributed by atoms with E-state index in [0.29, 0.717) is 23.8 Å². The Morgan fingerprint density at radius 2 is 2.00 bits per heavy atom. The van der Waals surface area contributed by atoms with E-state index in [2.05, 4.69) is 66.7 Å². The third kappa shape index (κ3) is 3.93. The monoisotopic (exact) mass is 428 g/mol. The SMILES string of the molecule is CC(C)(C)C1CCc2onc(C(=O)Nc3cnn(Cc4cccc5ccccc45)c3)c2C1. The number of rotatable bonds is 4. The number of carbonyl (C=O) groups excluding carboxylic acids is 1. The average Bonchev–Trinajstić information content (AvgIpc) is 3.39. The predicted molar refractivity (Wildman–Crippen MR) is 125 cm³/mol. The molecule has 5 rings (SSSR count). The van der Waals surface area contributed by atoms with Gasteiger partial charge in [0.2, 0.25) is 0 Å². The highest BCUT2D eigenvalue weighted by atomic mass is 16.5. The molecule has 0 saturated carbocycles. The van der Waals surface area contributed by atoms with E-state index in [0.717, 1.165) is 30.6 Å². The van der Waals surface area contributed by atoms with Gasteiger partial charge in [-0.1, -0.05) is 68.4 Å². The topological polar surface area (TPSA) is 73.0 Å². The molecule has 0 bridgehead atoms. The highest BCUT2D eigenvalue weighted by molar-refractivity contribution is 6.03. The number of aromatic nitrogens is 3. The summed E-state index contributed by atoms with van der Waals surface area (Å²) in [6.07, 6.45) is 6.25. The van der Waals surface area contributed by atoms with E-state index >= 15 is 0 Å². The van der Waals surface area contributed by atoms with Crippen LogP contribution in [0.4, 0.5) is 5.69 Å². The van der Waals surface area contributed by atoms with Gasteiger partial charge < -0.3 is 9.84 Å². The van der Waals surface area contributed by atoms with Crippen molar-refractivity contribution in [2.45, 2.75) is 46.6 Å². The van der Waals surface area contributed by atoms with Gasteiger partial charge in [-0.25, -0.2) is 0 Å². The van der Waals surface area contributed by atoms with Crippen LogP contribution in [-0.4, -0.2) is 20.8 Å². The van der Waals surface area contributed by atoms with Gasteiger partial charge >= 0.3 is 0 Å². The number of fused-ring (bicyclic) bond motifs is 2. The number of anilines is 1. The van der Waals surface area contributed by atoms with Crippen molar-refractivity contribution in [3.05, 3.63) is 77.4 Å². The maximum absolute atomic E-state index is 13.0. The minimum absolute atomic E-state index is 0.186. The van der Waals surface area contributed by atoms with Crippen LogP contribution in [0.25, 0.3) is 10.8 Å². The summed E-state index contributed by atoms with van der Waals surface area (Å²) in [6, 6.07) is 14.6. The van der Waals surface area contributed by atoms with E-state index in [9.17, 15) is 4.79 Å². The number of aryl methyl sites for hydroxylation is 1.